The first-order valence-electron chi connectivity index (χ1n) is 7.62. The van der Waals surface area contributed by atoms with E-state index in [4.69, 9.17) is 0 Å². The Balaban J connectivity index is 2.34. The molecule has 2 nitrogen and oxygen atoms in total. The summed E-state index contributed by atoms with van der Waals surface area (Å²) in [5.74, 6) is -0.265. The predicted molar refractivity (Wildman–Crippen MR) is 78.6 cm³/mol. The van der Waals surface area contributed by atoms with Crippen molar-refractivity contribution in [2.45, 2.75) is 64.8 Å². The van der Waals surface area contributed by atoms with Gasteiger partial charge in [-0.05, 0) is 25.1 Å². The number of hydrogen-bond acceptors (Lipinski definition) is 2. The molecule has 0 amide bonds. The number of pyridine rings is 1. The highest BCUT2D eigenvalue weighted by Crippen LogP contribution is 2.19. The molecule has 19 heavy (non-hydrogen) atoms. The molecular formula is C16H27FN2. The molecule has 0 aliphatic rings. The first kappa shape index (κ1) is 16.1. The van der Waals surface area contributed by atoms with Crippen LogP contribution in [-0.4, -0.2) is 11.5 Å². The fourth-order valence-corrected chi connectivity index (χ4v) is 2.32. The van der Waals surface area contributed by atoms with Crippen LogP contribution in [0.5, 0.6) is 0 Å². The summed E-state index contributed by atoms with van der Waals surface area (Å²) in [6, 6.07) is 3.55. The van der Waals surface area contributed by atoms with E-state index in [-0.39, 0.29) is 11.9 Å². The highest BCUT2D eigenvalue weighted by molar-refractivity contribution is 5.09. The zero-order chi connectivity index (χ0) is 13.9. The molecule has 1 rings (SSSR count). The SMILES string of the molecule is CCCCCCCCC(NCC)c1ccc(F)cn1. The number of aromatic nitrogens is 1. The van der Waals surface area contributed by atoms with Gasteiger partial charge in [0.05, 0.1) is 11.9 Å². The van der Waals surface area contributed by atoms with Crippen LogP contribution in [0.2, 0.25) is 0 Å². The van der Waals surface area contributed by atoms with E-state index in [0.29, 0.717) is 0 Å². The second-order valence-corrected chi connectivity index (χ2v) is 5.07. The van der Waals surface area contributed by atoms with Gasteiger partial charge < -0.3 is 5.32 Å². The Bertz CT molecular complexity index is 324. The van der Waals surface area contributed by atoms with Gasteiger partial charge in [-0.3, -0.25) is 4.98 Å². The Hall–Kier alpha value is -0.960. The van der Waals surface area contributed by atoms with E-state index in [9.17, 15) is 4.39 Å². The lowest BCUT2D eigenvalue weighted by molar-refractivity contribution is 0.467. The third kappa shape index (κ3) is 6.67. The summed E-state index contributed by atoms with van der Waals surface area (Å²) in [6.07, 6.45) is 10.2. The Morgan fingerprint density at radius 3 is 2.47 bits per heavy atom. The van der Waals surface area contributed by atoms with Crippen LogP contribution in [0.3, 0.4) is 0 Å². The third-order valence-electron chi connectivity index (χ3n) is 3.40. The lowest BCUT2D eigenvalue weighted by atomic mass is 10.0. The minimum Gasteiger partial charge on any atom is -0.309 e. The summed E-state index contributed by atoms with van der Waals surface area (Å²) in [6.45, 7) is 5.25. The van der Waals surface area contributed by atoms with Gasteiger partial charge in [0.2, 0.25) is 0 Å². The number of nitrogens with one attached hydrogen (secondary N) is 1. The van der Waals surface area contributed by atoms with Crippen LogP contribution in [0, 0.1) is 5.82 Å². The van der Waals surface area contributed by atoms with Crippen LogP contribution in [0.1, 0.15) is 70.5 Å². The Kier molecular flexibility index (Phi) is 8.39. The highest BCUT2D eigenvalue weighted by Gasteiger charge is 2.11. The second kappa shape index (κ2) is 9.90. The lowest BCUT2D eigenvalue weighted by Crippen LogP contribution is -2.21. The molecule has 1 atom stereocenters. The molecular weight excluding hydrogens is 239 g/mol. The maximum absolute atomic E-state index is 12.9. The van der Waals surface area contributed by atoms with E-state index >= 15 is 0 Å². The summed E-state index contributed by atoms with van der Waals surface area (Å²) in [4.78, 5) is 4.19. The van der Waals surface area contributed by atoms with Crippen molar-refractivity contribution in [3.05, 3.63) is 29.8 Å². The van der Waals surface area contributed by atoms with Crippen LogP contribution in [-0.2, 0) is 0 Å². The molecule has 0 radical (unpaired) electrons. The molecule has 1 N–H and O–H groups in total. The van der Waals surface area contributed by atoms with Crippen molar-refractivity contribution in [3.63, 3.8) is 0 Å². The molecule has 0 aliphatic heterocycles. The minimum atomic E-state index is -0.265. The zero-order valence-corrected chi connectivity index (χ0v) is 12.3. The van der Waals surface area contributed by atoms with Gasteiger partial charge in [-0.2, -0.15) is 0 Å². The fraction of sp³-hybridized carbons (Fsp3) is 0.688. The number of rotatable bonds is 10. The lowest BCUT2D eigenvalue weighted by Gasteiger charge is -2.17. The predicted octanol–water partition coefficient (Wildman–Crippen LogP) is 4.62. The smallest absolute Gasteiger partial charge is 0.141 e. The van der Waals surface area contributed by atoms with Gasteiger partial charge >= 0.3 is 0 Å². The Labute approximate surface area is 116 Å². The third-order valence-corrected chi connectivity index (χ3v) is 3.40. The first-order valence-corrected chi connectivity index (χ1v) is 7.62. The molecule has 1 unspecified atom stereocenters. The molecule has 3 heteroatoms. The second-order valence-electron chi connectivity index (χ2n) is 5.07. The van der Waals surface area contributed by atoms with E-state index in [0.717, 1.165) is 18.7 Å². The van der Waals surface area contributed by atoms with Crippen molar-refractivity contribution in [3.8, 4) is 0 Å². The molecule has 0 aromatic carbocycles. The van der Waals surface area contributed by atoms with E-state index in [2.05, 4.69) is 24.1 Å². The molecule has 1 aromatic rings. The normalized spacial score (nSPS) is 12.6. The van der Waals surface area contributed by atoms with Crippen molar-refractivity contribution in [1.29, 1.82) is 0 Å². The van der Waals surface area contributed by atoms with E-state index in [1.165, 1.54) is 50.8 Å². The van der Waals surface area contributed by atoms with Crippen LogP contribution in [0.15, 0.2) is 18.3 Å². The number of nitrogens with zero attached hydrogens (tertiary/aromatic N) is 1. The van der Waals surface area contributed by atoms with Gasteiger partial charge in [0.15, 0.2) is 0 Å². The van der Waals surface area contributed by atoms with E-state index in [1.54, 1.807) is 6.07 Å². The molecule has 0 fully saturated rings. The van der Waals surface area contributed by atoms with Crippen LogP contribution >= 0.6 is 0 Å². The Morgan fingerprint density at radius 2 is 1.84 bits per heavy atom. The van der Waals surface area contributed by atoms with Crippen LogP contribution in [0.25, 0.3) is 0 Å². The summed E-state index contributed by atoms with van der Waals surface area (Å²) in [5, 5.41) is 3.44. The average molecular weight is 266 g/mol. The quantitative estimate of drug-likeness (QED) is 0.625. The van der Waals surface area contributed by atoms with Crippen molar-refractivity contribution in [1.82, 2.24) is 10.3 Å². The fourth-order valence-electron chi connectivity index (χ4n) is 2.32. The Morgan fingerprint density at radius 1 is 1.11 bits per heavy atom. The van der Waals surface area contributed by atoms with Crippen LogP contribution in [0.4, 0.5) is 4.39 Å². The highest BCUT2D eigenvalue weighted by atomic mass is 19.1. The molecule has 108 valence electrons. The van der Waals surface area contributed by atoms with Gasteiger partial charge in [-0.15, -0.1) is 0 Å². The first-order chi connectivity index (χ1) is 9.27. The number of unbranched alkanes of at least 4 members (excludes halogenated alkanes) is 5. The summed E-state index contributed by atoms with van der Waals surface area (Å²) >= 11 is 0. The number of hydrogen-bond donors (Lipinski definition) is 1. The topological polar surface area (TPSA) is 24.9 Å². The van der Waals surface area contributed by atoms with E-state index in [1.807, 2.05) is 0 Å². The van der Waals surface area contributed by atoms with Crippen molar-refractivity contribution < 1.29 is 4.39 Å². The van der Waals surface area contributed by atoms with E-state index < -0.39 is 0 Å². The molecule has 0 aliphatic carbocycles. The van der Waals surface area contributed by atoms with Gasteiger partial charge in [0.25, 0.3) is 0 Å². The maximum atomic E-state index is 12.9. The summed E-state index contributed by atoms with van der Waals surface area (Å²) < 4.78 is 12.9. The monoisotopic (exact) mass is 266 g/mol. The van der Waals surface area contributed by atoms with Crippen molar-refractivity contribution >= 4 is 0 Å². The van der Waals surface area contributed by atoms with Crippen molar-refractivity contribution in [2.75, 3.05) is 6.54 Å². The largest absolute Gasteiger partial charge is 0.309 e. The molecule has 0 saturated carbocycles. The minimum absolute atomic E-state index is 0.261. The van der Waals surface area contributed by atoms with Gasteiger partial charge in [0, 0.05) is 6.04 Å². The standard InChI is InChI=1S/C16H27FN2/c1-3-5-6-7-8-9-10-15(18-4-2)16-12-11-14(17)13-19-16/h11-13,15,18H,3-10H2,1-2H3. The number of halogens is 1. The van der Waals surface area contributed by atoms with Gasteiger partial charge in [-0.1, -0.05) is 52.4 Å². The van der Waals surface area contributed by atoms with Crippen molar-refractivity contribution in [2.24, 2.45) is 0 Å². The molecule has 0 bridgehead atoms. The van der Waals surface area contributed by atoms with Gasteiger partial charge in [0.1, 0.15) is 5.82 Å². The van der Waals surface area contributed by atoms with Gasteiger partial charge in [-0.25, -0.2) is 4.39 Å². The molecule has 0 spiro atoms. The molecule has 0 saturated heterocycles. The van der Waals surface area contributed by atoms with Crippen LogP contribution < -0.4 is 5.32 Å². The maximum Gasteiger partial charge on any atom is 0.141 e. The molecule has 1 aromatic heterocycles. The average Bonchev–Trinajstić information content (AvgIpc) is 2.42. The summed E-state index contributed by atoms with van der Waals surface area (Å²) in [5.41, 5.74) is 0.955. The molecule has 1 heterocycles. The zero-order valence-electron chi connectivity index (χ0n) is 12.3. The summed E-state index contributed by atoms with van der Waals surface area (Å²) in [7, 11) is 0.